The molecule has 1 aromatic carbocycles. The van der Waals surface area contributed by atoms with E-state index in [0.717, 1.165) is 37.8 Å². The van der Waals surface area contributed by atoms with Crippen molar-refractivity contribution in [3.63, 3.8) is 0 Å². The van der Waals surface area contributed by atoms with Gasteiger partial charge >= 0.3 is 0 Å². The first kappa shape index (κ1) is 20.8. The molecular formula is C19H29FN2O3S. The van der Waals surface area contributed by atoms with Gasteiger partial charge in [0.1, 0.15) is 10.7 Å². The van der Waals surface area contributed by atoms with Crippen LogP contribution in [0.1, 0.15) is 69.2 Å². The van der Waals surface area contributed by atoms with Crippen molar-refractivity contribution in [2.75, 3.05) is 13.1 Å². The maximum absolute atomic E-state index is 14.2. The molecule has 0 atom stereocenters. The molecule has 1 aliphatic rings. The molecule has 1 aliphatic carbocycles. The zero-order valence-corrected chi connectivity index (χ0v) is 16.4. The second-order valence-corrected chi connectivity index (χ2v) is 8.66. The minimum Gasteiger partial charge on any atom is -0.349 e. The lowest BCUT2D eigenvalue weighted by Gasteiger charge is -2.22. The van der Waals surface area contributed by atoms with Crippen LogP contribution in [-0.4, -0.2) is 37.8 Å². The molecule has 5 nitrogen and oxygen atoms in total. The number of hydrogen-bond acceptors (Lipinski definition) is 3. The lowest BCUT2D eigenvalue weighted by Crippen LogP contribution is -2.35. The number of carbonyl (C=O) groups excluding carboxylic acids is 1. The Morgan fingerprint density at radius 2 is 1.69 bits per heavy atom. The molecule has 1 fully saturated rings. The van der Waals surface area contributed by atoms with Crippen LogP contribution in [0.25, 0.3) is 0 Å². The van der Waals surface area contributed by atoms with Crippen LogP contribution in [0.3, 0.4) is 0 Å². The number of rotatable bonds is 6. The van der Waals surface area contributed by atoms with E-state index in [1.54, 1.807) is 13.8 Å². The Kier molecular flexibility index (Phi) is 7.58. The molecule has 146 valence electrons. The molecule has 0 aliphatic heterocycles. The number of hydrogen-bond donors (Lipinski definition) is 1. The van der Waals surface area contributed by atoms with E-state index >= 15 is 0 Å². The predicted molar refractivity (Wildman–Crippen MR) is 100 cm³/mol. The smallest absolute Gasteiger partial charge is 0.251 e. The molecule has 2 rings (SSSR count). The fourth-order valence-electron chi connectivity index (χ4n) is 3.41. The molecule has 0 heterocycles. The van der Waals surface area contributed by atoms with Gasteiger partial charge in [0, 0.05) is 24.7 Å². The van der Waals surface area contributed by atoms with Crippen molar-refractivity contribution < 1.29 is 17.6 Å². The molecule has 1 aromatic rings. The number of amides is 1. The molecule has 0 bridgehead atoms. The summed E-state index contributed by atoms with van der Waals surface area (Å²) in [6.45, 7) is 3.89. The highest BCUT2D eigenvalue weighted by Crippen LogP contribution is 2.22. The van der Waals surface area contributed by atoms with E-state index in [1.165, 1.54) is 29.6 Å². The molecule has 0 saturated heterocycles. The fraction of sp³-hybridized carbons (Fsp3) is 0.632. The van der Waals surface area contributed by atoms with E-state index in [0.29, 0.717) is 0 Å². The Bertz CT molecular complexity index is 709. The van der Waals surface area contributed by atoms with Gasteiger partial charge in [0.25, 0.3) is 5.91 Å². The van der Waals surface area contributed by atoms with E-state index in [9.17, 15) is 17.6 Å². The van der Waals surface area contributed by atoms with Gasteiger partial charge in [-0.2, -0.15) is 4.31 Å². The van der Waals surface area contributed by atoms with Crippen LogP contribution in [0.5, 0.6) is 0 Å². The van der Waals surface area contributed by atoms with Gasteiger partial charge in [-0.3, -0.25) is 4.79 Å². The van der Waals surface area contributed by atoms with E-state index in [4.69, 9.17) is 0 Å². The topological polar surface area (TPSA) is 66.5 Å². The molecule has 0 spiro atoms. The molecular weight excluding hydrogens is 355 g/mol. The van der Waals surface area contributed by atoms with Crippen LogP contribution in [0, 0.1) is 5.82 Å². The Morgan fingerprint density at radius 1 is 1.12 bits per heavy atom. The summed E-state index contributed by atoms with van der Waals surface area (Å²) in [6.07, 6.45) is 7.61. The summed E-state index contributed by atoms with van der Waals surface area (Å²) in [5.41, 5.74) is 0.180. The number of carbonyl (C=O) groups is 1. The lowest BCUT2D eigenvalue weighted by atomic mass is 9.96. The zero-order chi connectivity index (χ0) is 19.2. The fourth-order valence-corrected chi connectivity index (χ4v) is 4.96. The number of halogens is 1. The first-order chi connectivity index (χ1) is 12.4. The van der Waals surface area contributed by atoms with Crippen molar-refractivity contribution in [3.05, 3.63) is 29.6 Å². The molecule has 0 radical (unpaired) electrons. The minimum absolute atomic E-state index is 0.0932. The van der Waals surface area contributed by atoms with Crippen molar-refractivity contribution in [3.8, 4) is 0 Å². The van der Waals surface area contributed by atoms with Gasteiger partial charge in [0.2, 0.25) is 10.0 Å². The molecule has 0 aromatic heterocycles. The second kappa shape index (κ2) is 9.46. The molecule has 26 heavy (non-hydrogen) atoms. The van der Waals surface area contributed by atoms with Crippen LogP contribution in [-0.2, 0) is 10.0 Å². The summed E-state index contributed by atoms with van der Waals surface area (Å²) in [7, 11) is -3.95. The van der Waals surface area contributed by atoms with Crippen LogP contribution >= 0.6 is 0 Å². The highest BCUT2D eigenvalue weighted by atomic mass is 32.2. The summed E-state index contributed by atoms with van der Waals surface area (Å²) >= 11 is 0. The third-order valence-corrected chi connectivity index (χ3v) is 7.02. The Hall–Kier alpha value is -1.47. The van der Waals surface area contributed by atoms with Crippen molar-refractivity contribution in [2.24, 2.45) is 0 Å². The Morgan fingerprint density at radius 3 is 2.27 bits per heavy atom. The standard InChI is InChI=1S/C19H29FN2O3S/c1-3-22(4-2)26(24,25)18-14-15(12-13-17(18)20)19(23)21-16-10-8-6-5-7-9-11-16/h12-14,16H,3-11H2,1-2H3,(H,21,23). The second-order valence-electron chi connectivity index (χ2n) is 6.75. The first-order valence-corrected chi connectivity index (χ1v) is 10.9. The molecule has 7 heteroatoms. The van der Waals surface area contributed by atoms with Gasteiger partial charge in [0.05, 0.1) is 0 Å². The lowest BCUT2D eigenvalue weighted by molar-refractivity contribution is 0.0930. The molecule has 1 N–H and O–H groups in total. The predicted octanol–water partition coefficient (Wildman–Crippen LogP) is 3.70. The summed E-state index contributed by atoms with van der Waals surface area (Å²) in [4.78, 5) is 12.1. The summed E-state index contributed by atoms with van der Waals surface area (Å²) < 4.78 is 40.6. The van der Waals surface area contributed by atoms with Gasteiger partial charge in [0.15, 0.2) is 0 Å². The number of sulfonamides is 1. The minimum atomic E-state index is -3.95. The highest BCUT2D eigenvalue weighted by Gasteiger charge is 2.26. The first-order valence-electron chi connectivity index (χ1n) is 9.50. The zero-order valence-electron chi connectivity index (χ0n) is 15.6. The van der Waals surface area contributed by atoms with Crippen molar-refractivity contribution in [1.29, 1.82) is 0 Å². The van der Waals surface area contributed by atoms with E-state index in [1.807, 2.05) is 0 Å². The summed E-state index contributed by atoms with van der Waals surface area (Å²) in [6, 6.07) is 3.65. The van der Waals surface area contributed by atoms with Crippen molar-refractivity contribution in [2.45, 2.75) is 69.7 Å². The van der Waals surface area contributed by atoms with Crippen LogP contribution in [0.4, 0.5) is 4.39 Å². The maximum atomic E-state index is 14.2. The summed E-state index contributed by atoms with van der Waals surface area (Å²) in [5, 5.41) is 2.99. The SMILES string of the molecule is CCN(CC)S(=O)(=O)c1cc(C(=O)NC2CCCCCCC2)ccc1F. The summed E-state index contributed by atoms with van der Waals surface area (Å²) in [5.74, 6) is -1.18. The van der Waals surface area contributed by atoms with Crippen molar-refractivity contribution >= 4 is 15.9 Å². The van der Waals surface area contributed by atoms with E-state index in [-0.39, 0.29) is 30.6 Å². The largest absolute Gasteiger partial charge is 0.349 e. The molecule has 1 saturated carbocycles. The van der Waals surface area contributed by atoms with E-state index < -0.39 is 20.7 Å². The average molecular weight is 385 g/mol. The number of nitrogens with one attached hydrogen (secondary N) is 1. The number of benzene rings is 1. The van der Waals surface area contributed by atoms with Crippen molar-refractivity contribution in [1.82, 2.24) is 9.62 Å². The highest BCUT2D eigenvalue weighted by molar-refractivity contribution is 7.89. The quantitative estimate of drug-likeness (QED) is 0.813. The van der Waals surface area contributed by atoms with Crippen LogP contribution < -0.4 is 5.32 Å². The maximum Gasteiger partial charge on any atom is 0.251 e. The van der Waals surface area contributed by atoms with Gasteiger partial charge in [-0.05, 0) is 31.0 Å². The third kappa shape index (κ3) is 5.04. The van der Waals surface area contributed by atoms with Gasteiger partial charge in [-0.25, -0.2) is 12.8 Å². The third-order valence-electron chi connectivity index (χ3n) is 4.96. The molecule has 0 unspecified atom stereocenters. The van der Waals surface area contributed by atoms with Crippen LogP contribution in [0.15, 0.2) is 23.1 Å². The number of nitrogens with zero attached hydrogens (tertiary/aromatic N) is 1. The Labute approximate surface area is 156 Å². The molecule has 1 amide bonds. The monoisotopic (exact) mass is 384 g/mol. The average Bonchev–Trinajstić information content (AvgIpc) is 2.58. The van der Waals surface area contributed by atoms with Gasteiger partial charge in [-0.15, -0.1) is 0 Å². The normalized spacial score (nSPS) is 16.9. The Balaban J connectivity index is 2.21. The van der Waals surface area contributed by atoms with E-state index in [2.05, 4.69) is 5.32 Å². The van der Waals surface area contributed by atoms with Gasteiger partial charge < -0.3 is 5.32 Å². The van der Waals surface area contributed by atoms with Gasteiger partial charge in [-0.1, -0.05) is 46.0 Å². The van der Waals surface area contributed by atoms with Crippen LogP contribution in [0.2, 0.25) is 0 Å².